The monoisotopic (exact) mass is 294 g/mol. The molecule has 0 amide bonds. The fourth-order valence-electron chi connectivity index (χ4n) is 1.77. The number of esters is 2. The number of carbonyl (C=O) groups is 2. The van der Waals surface area contributed by atoms with Crippen LogP contribution in [0.2, 0.25) is 0 Å². The molecule has 0 spiro atoms. The molecule has 0 bridgehead atoms. The zero-order chi connectivity index (χ0) is 16.3. The molecule has 1 aromatic carbocycles. The Kier molecular flexibility index (Phi) is 4.96. The summed E-state index contributed by atoms with van der Waals surface area (Å²) in [6, 6.07) is 6.87. The van der Waals surface area contributed by atoms with Crippen molar-refractivity contribution in [3.63, 3.8) is 0 Å². The normalized spacial score (nSPS) is 14.1. The number of nitrogens with two attached hydrogens (primary N) is 2. The molecule has 116 valence electrons. The molecule has 0 aromatic heterocycles. The lowest BCUT2D eigenvalue weighted by Gasteiger charge is -2.29. The summed E-state index contributed by atoms with van der Waals surface area (Å²) in [7, 11) is 1.17. The van der Waals surface area contributed by atoms with Gasteiger partial charge in [0, 0.05) is 12.1 Å². The van der Waals surface area contributed by atoms with Crippen LogP contribution in [0.3, 0.4) is 0 Å². The Morgan fingerprint density at radius 3 is 2.19 bits per heavy atom. The van der Waals surface area contributed by atoms with Gasteiger partial charge in [-0.3, -0.25) is 0 Å². The lowest BCUT2D eigenvalue weighted by Crippen LogP contribution is -2.59. The summed E-state index contributed by atoms with van der Waals surface area (Å²) in [5.41, 5.74) is 10.2. The third kappa shape index (κ3) is 4.19. The number of hydrogen-bond acceptors (Lipinski definition) is 6. The fraction of sp³-hybridized carbons (Fsp3) is 0.467. The Bertz CT molecular complexity index is 537. The van der Waals surface area contributed by atoms with E-state index in [1.807, 2.05) is 0 Å². The van der Waals surface area contributed by atoms with Crippen LogP contribution in [0.4, 0.5) is 5.69 Å². The maximum atomic E-state index is 12.3. The Morgan fingerprint density at radius 2 is 1.71 bits per heavy atom. The van der Waals surface area contributed by atoms with Gasteiger partial charge in [0.25, 0.3) is 0 Å². The van der Waals surface area contributed by atoms with E-state index in [2.05, 4.69) is 4.74 Å². The molecule has 0 heterocycles. The summed E-state index contributed by atoms with van der Waals surface area (Å²) in [5.74, 6) is -1.70. The van der Waals surface area contributed by atoms with Crippen molar-refractivity contribution in [3.8, 4) is 0 Å². The Hall–Kier alpha value is -2.08. The predicted octanol–water partition coefficient (Wildman–Crippen LogP) is 1.02. The number of rotatable bonds is 4. The highest BCUT2D eigenvalue weighted by Gasteiger charge is 2.46. The number of methoxy groups -OCH3 is 1. The lowest BCUT2D eigenvalue weighted by molar-refractivity contribution is -0.170. The van der Waals surface area contributed by atoms with Gasteiger partial charge in [0.15, 0.2) is 0 Å². The molecule has 1 atom stereocenters. The number of anilines is 1. The van der Waals surface area contributed by atoms with Crippen LogP contribution in [0.5, 0.6) is 0 Å². The Morgan fingerprint density at radius 1 is 1.14 bits per heavy atom. The van der Waals surface area contributed by atoms with Crippen molar-refractivity contribution >= 4 is 17.6 Å². The fourth-order valence-corrected chi connectivity index (χ4v) is 1.77. The summed E-state index contributed by atoms with van der Waals surface area (Å²) >= 11 is 0. The minimum absolute atomic E-state index is 0.0960. The van der Waals surface area contributed by atoms with Crippen molar-refractivity contribution in [2.45, 2.75) is 38.3 Å². The molecule has 0 aliphatic rings. The molecule has 6 heteroatoms. The minimum atomic E-state index is -1.93. The quantitative estimate of drug-likeness (QED) is 0.488. The van der Waals surface area contributed by atoms with Crippen LogP contribution in [0.15, 0.2) is 24.3 Å². The van der Waals surface area contributed by atoms with Gasteiger partial charge in [-0.15, -0.1) is 0 Å². The molecular weight excluding hydrogens is 272 g/mol. The van der Waals surface area contributed by atoms with E-state index in [1.54, 1.807) is 45.0 Å². The van der Waals surface area contributed by atoms with E-state index in [9.17, 15) is 9.59 Å². The molecular formula is C15H22N2O4. The number of nitrogen functional groups attached to an aromatic ring is 1. The van der Waals surface area contributed by atoms with Crippen LogP contribution in [-0.2, 0) is 25.5 Å². The predicted molar refractivity (Wildman–Crippen MR) is 79.3 cm³/mol. The van der Waals surface area contributed by atoms with Gasteiger partial charge < -0.3 is 20.9 Å². The molecule has 0 radical (unpaired) electrons. The summed E-state index contributed by atoms with van der Waals surface area (Å²) in [6.07, 6.45) is -0.0960. The second-order valence-corrected chi connectivity index (χ2v) is 5.84. The molecule has 21 heavy (non-hydrogen) atoms. The molecule has 0 aliphatic carbocycles. The van der Waals surface area contributed by atoms with Gasteiger partial charge in [-0.2, -0.15) is 0 Å². The van der Waals surface area contributed by atoms with E-state index < -0.39 is 23.1 Å². The van der Waals surface area contributed by atoms with Crippen molar-refractivity contribution in [1.82, 2.24) is 0 Å². The number of hydrogen-bond donors (Lipinski definition) is 2. The molecule has 0 saturated carbocycles. The van der Waals surface area contributed by atoms with Gasteiger partial charge in [0.2, 0.25) is 5.54 Å². The lowest BCUT2D eigenvalue weighted by atomic mass is 9.90. The number of para-hydroxylation sites is 1. The van der Waals surface area contributed by atoms with Crippen LogP contribution in [-0.4, -0.2) is 30.2 Å². The molecule has 1 rings (SSSR count). The maximum Gasteiger partial charge on any atom is 0.338 e. The highest BCUT2D eigenvalue weighted by molar-refractivity contribution is 6.05. The first-order valence-electron chi connectivity index (χ1n) is 6.54. The van der Waals surface area contributed by atoms with E-state index >= 15 is 0 Å². The topological polar surface area (TPSA) is 105 Å². The van der Waals surface area contributed by atoms with Gasteiger partial charge in [-0.1, -0.05) is 18.2 Å². The van der Waals surface area contributed by atoms with Crippen LogP contribution >= 0.6 is 0 Å². The smallest absolute Gasteiger partial charge is 0.338 e. The summed E-state index contributed by atoms with van der Waals surface area (Å²) in [4.78, 5) is 24.3. The Balaban J connectivity index is 3.13. The minimum Gasteiger partial charge on any atom is -0.467 e. The van der Waals surface area contributed by atoms with E-state index in [1.165, 1.54) is 7.11 Å². The van der Waals surface area contributed by atoms with E-state index in [0.29, 0.717) is 11.3 Å². The second-order valence-electron chi connectivity index (χ2n) is 5.84. The van der Waals surface area contributed by atoms with Crippen LogP contribution in [0.25, 0.3) is 0 Å². The van der Waals surface area contributed by atoms with Crippen LogP contribution in [0, 0.1) is 0 Å². The van der Waals surface area contributed by atoms with Crippen molar-refractivity contribution < 1.29 is 19.1 Å². The van der Waals surface area contributed by atoms with Crippen molar-refractivity contribution in [2.24, 2.45) is 5.73 Å². The highest BCUT2D eigenvalue weighted by atomic mass is 16.6. The summed E-state index contributed by atoms with van der Waals surface area (Å²) in [5, 5.41) is 0. The summed E-state index contributed by atoms with van der Waals surface area (Å²) < 4.78 is 9.89. The van der Waals surface area contributed by atoms with Crippen LogP contribution in [0.1, 0.15) is 26.3 Å². The van der Waals surface area contributed by atoms with Gasteiger partial charge in [0.05, 0.1) is 7.11 Å². The SMILES string of the molecule is COC(=O)C(N)(Cc1ccccc1N)C(=O)OC(C)(C)C. The van der Waals surface area contributed by atoms with Gasteiger partial charge in [-0.25, -0.2) is 9.59 Å². The van der Waals surface area contributed by atoms with E-state index in [0.717, 1.165) is 0 Å². The van der Waals surface area contributed by atoms with Gasteiger partial charge in [0.1, 0.15) is 5.60 Å². The number of benzene rings is 1. The van der Waals surface area contributed by atoms with Gasteiger partial charge >= 0.3 is 11.9 Å². The number of carbonyl (C=O) groups excluding carboxylic acids is 2. The van der Waals surface area contributed by atoms with Crippen molar-refractivity contribution in [2.75, 3.05) is 12.8 Å². The molecule has 4 N–H and O–H groups in total. The largest absolute Gasteiger partial charge is 0.467 e. The molecule has 0 aliphatic heterocycles. The Labute approximate surface area is 124 Å². The second kappa shape index (κ2) is 6.13. The number of ether oxygens (including phenoxy) is 2. The average Bonchev–Trinajstić information content (AvgIpc) is 2.38. The third-order valence-corrected chi connectivity index (χ3v) is 2.84. The van der Waals surface area contributed by atoms with Gasteiger partial charge in [-0.05, 0) is 32.4 Å². The van der Waals surface area contributed by atoms with Crippen LogP contribution < -0.4 is 11.5 Å². The summed E-state index contributed by atoms with van der Waals surface area (Å²) in [6.45, 7) is 5.08. The van der Waals surface area contributed by atoms with E-state index in [-0.39, 0.29) is 6.42 Å². The first-order valence-corrected chi connectivity index (χ1v) is 6.54. The molecule has 1 unspecified atom stereocenters. The molecule has 0 fully saturated rings. The molecule has 6 nitrogen and oxygen atoms in total. The standard InChI is InChI=1S/C15H22N2O4/c1-14(2,3)21-13(19)15(17,12(18)20-4)9-10-7-5-6-8-11(10)16/h5-8H,9,16-17H2,1-4H3. The van der Waals surface area contributed by atoms with E-state index in [4.69, 9.17) is 16.2 Å². The van der Waals surface area contributed by atoms with Crippen molar-refractivity contribution in [1.29, 1.82) is 0 Å². The van der Waals surface area contributed by atoms with Crippen molar-refractivity contribution in [3.05, 3.63) is 29.8 Å². The molecule has 0 saturated heterocycles. The first kappa shape index (κ1) is 17.0. The zero-order valence-electron chi connectivity index (χ0n) is 12.8. The first-order chi connectivity index (χ1) is 9.60. The molecule has 1 aromatic rings. The average molecular weight is 294 g/mol. The highest BCUT2D eigenvalue weighted by Crippen LogP contribution is 2.22. The zero-order valence-corrected chi connectivity index (χ0v) is 12.8. The maximum absolute atomic E-state index is 12.3. The third-order valence-electron chi connectivity index (χ3n) is 2.84.